The van der Waals surface area contributed by atoms with Crippen LogP contribution >= 0.6 is 0 Å². The van der Waals surface area contributed by atoms with Crippen molar-refractivity contribution < 1.29 is 9.53 Å². The minimum Gasteiger partial charge on any atom is -0.468 e. The molecule has 3 unspecified atom stereocenters. The minimum atomic E-state index is -0.464. The zero-order valence-corrected chi connectivity index (χ0v) is 13.4. The van der Waals surface area contributed by atoms with Crippen molar-refractivity contribution in [2.75, 3.05) is 20.2 Å². The standard InChI is InChI=1S/C16H30N2O2/c1-12(2)17-16(15(19)20-4)8-7-14(10-16)18-9-5-6-13(3)11-18/h12-14,17H,5-11H2,1-4H3. The Hall–Kier alpha value is -0.610. The van der Waals surface area contributed by atoms with Crippen molar-refractivity contribution in [2.45, 2.75) is 70.5 Å². The molecule has 1 heterocycles. The molecule has 4 nitrogen and oxygen atoms in total. The van der Waals surface area contributed by atoms with E-state index in [0.717, 1.165) is 25.2 Å². The van der Waals surface area contributed by atoms with Gasteiger partial charge in [0.25, 0.3) is 0 Å². The van der Waals surface area contributed by atoms with Gasteiger partial charge >= 0.3 is 5.97 Å². The Morgan fingerprint density at radius 3 is 2.75 bits per heavy atom. The van der Waals surface area contributed by atoms with E-state index in [1.807, 2.05) is 0 Å². The van der Waals surface area contributed by atoms with Gasteiger partial charge in [0.1, 0.15) is 5.54 Å². The zero-order valence-electron chi connectivity index (χ0n) is 13.4. The van der Waals surface area contributed by atoms with Gasteiger partial charge in [-0.05, 0) is 58.4 Å². The highest BCUT2D eigenvalue weighted by molar-refractivity contribution is 5.81. The molecule has 1 saturated carbocycles. The summed E-state index contributed by atoms with van der Waals surface area (Å²) in [5.74, 6) is 0.702. The number of nitrogens with one attached hydrogen (secondary N) is 1. The number of hydrogen-bond donors (Lipinski definition) is 1. The molecule has 3 atom stereocenters. The molecule has 0 radical (unpaired) electrons. The Balaban J connectivity index is 2.04. The third-order valence-corrected chi connectivity index (χ3v) is 4.83. The third-order valence-electron chi connectivity index (χ3n) is 4.83. The van der Waals surface area contributed by atoms with Gasteiger partial charge in [0.05, 0.1) is 7.11 Å². The largest absolute Gasteiger partial charge is 0.468 e. The van der Waals surface area contributed by atoms with E-state index in [9.17, 15) is 4.79 Å². The Morgan fingerprint density at radius 2 is 2.15 bits per heavy atom. The van der Waals surface area contributed by atoms with Crippen LogP contribution in [0.3, 0.4) is 0 Å². The lowest BCUT2D eigenvalue weighted by molar-refractivity contribution is -0.149. The van der Waals surface area contributed by atoms with Gasteiger partial charge in [-0.2, -0.15) is 0 Å². The number of rotatable bonds is 4. The summed E-state index contributed by atoms with van der Waals surface area (Å²) in [5, 5.41) is 3.48. The van der Waals surface area contributed by atoms with Crippen LogP contribution in [0, 0.1) is 5.92 Å². The number of hydrogen-bond acceptors (Lipinski definition) is 4. The number of carbonyl (C=O) groups is 1. The summed E-state index contributed by atoms with van der Waals surface area (Å²) >= 11 is 0. The number of carbonyl (C=O) groups excluding carboxylic acids is 1. The average molecular weight is 282 g/mol. The molecule has 0 amide bonds. The van der Waals surface area contributed by atoms with E-state index in [1.54, 1.807) is 0 Å². The van der Waals surface area contributed by atoms with Crippen LogP contribution in [-0.2, 0) is 9.53 Å². The molecular formula is C16H30N2O2. The van der Waals surface area contributed by atoms with Crippen LogP contribution in [0.15, 0.2) is 0 Å². The van der Waals surface area contributed by atoms with Crippen LogP contribution in [0.4, 0.5) is 0 Å². The van der Waals surface area contributed by atoms with E-state index in [4.69, 9.17) is 4.74 Å². The highest BCUT2D eigenvalue weighted by Crippen LogP contribution is 2.36. The van der Waals surface area contributed by atoms with Crippen molar-refractivity contribution >= 4 is 5.97 Å². The summed E-state index contributed by atoms with van der Waals surface area (Å²) in [4.78, 5) is 14.9. The molecule has 2 rings (SSSR count). The quantitative estimate of drug-likeness (QED) is 0.803. The van der Waals surface area contributed by atoms with Gasteiger partial charge in [-0.25, -0.2) is 0 Å². The molecule has 20 heavy (non-hydrogen) atoms. The zero-order chi connectivity index (χ0) is 14.8. The van der Waals surface area contributed by atoms with Gasteiger partial charge in [0, 0.05) is 18.6 Å². The average Bonchev–Trinajstić information content (AvgIpc) is 2.82. The number of piperidine rings is 1. The van der Waals surface area contributed by atoms with Gasteiger partial charge in [0.15, 0.2) is 0 Å². The normalized spacial score (nSPS) is 35.5. The summed E-state index contributed by atoms with van der Waals surface area (Å²) in [6.07, 6.45) is 5.52. The Kier molecular flexibility index (Phi) is 5.08. The smallest absolute Gasteiger partial charge is 0.326 e. The summed E-state index contributed by atoms with van der Waals surface area (Å²) in [6.45, 7) is 8.90. The first kappa shape index (κ1) is 15.8. The summed E-state index contributed by atoms with van der Waals surface area (Å²) in [7, 11) is 1.50. The number of methoxy groups -OCH3 is 1. The predicted molar refractivity (Wildman–Crippen MR) is 80.6 cm³/mol. The third kappa shape index (κ3) is 3.34. The predicted octanol–water partition coefficient (Wildman–Crippen LogP) is 2.18. The van der Waals surface area contributed by atoms with Crippen LogP contribution < -0.4 is 5.32 Å². The molecule has 1 N–H and O–H groups in total. The number of likely N-dealkylation sites (tertiary alicyclic amines) is 1. The number of ether oxygens (including phenoxy) is 1. The fraction of sp³-hybridized carbons (Fsp3) is 0.938. The topological polar surface area (TPSA) is 41.6 Å². The SMILES string of the molecule is COC(=O)C1(NC(C)C)CCC(N2CCCC(C)C2)C1. The number of nitrogens with zero attached hydrogens (tertiary/aromatic N) is 1. The fourth-order valence-corrected chi connectivity index (χ4v) is 4.01. The lowest BCUT2D eigenvalue weighted by atomic mass is 9.94. The van der Waals surface area contributed by atoms with E-state index in [-0.39, 0.29) is 5.97 Å². The first-order valence-corrected chi connectivity index (χ1v) is 8.07. The fourth-order valence-electron chi connectivity index (χ4n) is 4.01. The van der Waals surface area contributed by atoms with Gasteiger partial charge in [0.2, 0.25) is 0 Å². The van der Waals surface area contributed by atoms with Crippen molar-refractivity contribution in [3.8, 4) is 0 Å². The molecule has 0 aromatic rings. The van der Waals surface area contributed by atoms with Crippen molar-refractivity contribution in [1.29, 1.82) is 0 Å². The van der Waals surface area contributed by atoms with Crippen LogP contribution in [-0.4, -0.2) is 48.7 Å². The lowest BCUT2D eigenvalue weighted by Crippen LogP contribution is -2.54. The molecule has 2 fully saturated rings. The highest BCUT2D eigenvalue weighted by atomic mass is 16.5. The molecule has 0 bridgehead atoms. The second kappa shape index (κ2) is 6.44. The molecule has 4 heteroatoms. The lowest BCUT2D eigenvalue weighted by Gasteiger charge is -2.37. The molecule has 2 aliphatic rings. The molecule has 1 aliphatic heterocycles. The molecule has 1 saturated heterocycles. The van der Waals surface area contributed by atoms with E-state index in [0.29, 0.717) is 12.1 Å². The van der Waals surface area contributed by atoms with E-state index in [1.165, 1.54) is 33.0 Å². The Morgan fingerprint density at radius 1 is 1.40 bits per heavy atom. The van der Waals surface area contributed by atoms with Crippen LogP contribution in [0.25, 0.3) is 0 Å². The summed E-state index contributed by atoms with van der Waals surface area (Å²) in [5.41, 5.74) is -0.464. The minimum absolute atomic E-state index is 0.0845. The molecule has 1 aliphatic carbocycles. The first-order chi connectivity index (χ1) is 9.47. The Labute approximate surface area is 123 Å². The molecular weight excluding hydrogens is 252 g/mol. The van der Waals surface area contributed by atoms with Crippen LogP contribution in [0.1, 0.15) is 52.9 Å². The van der Waals surface area contributed by atoms with Crippen LogP contribution in [0.5, 0.6) is 0 Å². The maximum Gasteiger partial charge on any atom is 0.326 e. The maximum absolute atomic E-state index is 12.3. The summed E-state index contributed by atoms with van der Waals surface area (Å²) in [6, 6.07) is 0.830. The maximum atomic E-state index is 12.3. The van der Waals surface area contributed by atoms with Crippen molar-refractivity contribution in [2.24, 2.45) is 5.92 Å². The molecule has 0 aromatic heterocycles. The monoisotopic (exact) mass is 282 g/mol. The van der Waals surface area contributed by atoms with Gasteiger partial charge in [-0.15, -0.1) is 0 Å². The second-order valence-electron chi connectivity index (χ2n) is 7.01. The first-order valence-electron chi connectivity index (χ1n) is 8.07. The number of esters is 1. The molecule has 116 valence electrons. The van der Waals surface area contributed by atoms with E-state index < -0.39 is 5.54 Å². The van der Waals surface area contributed by atoms with Gasteiger partial charge in [-0.1, -0.05) is 6.92 Å². The van der Waals surface area contributed by atoms with Gasteiger partial charge < -0.3 is 9.64 Å². The Bertz CT molecular complexity index is 345. The van der Waals surface area contributed by atoms with E-state index >= 15 is 0 Å². The van der Waals surface area contributed by atoms with Crippen molar-refractivity contribution in [3.05, 3.63) is 0 Å². The van der Waals surface area contributed by atoms with Crippen molar-refractivity contribution in [1.82, 2.24) is 10.2 Å². The van der Waals surface area contributed by atoms with Gasteiger partial charge in [-0.3, -0.25) is 10.1 Å². The summed E-state index contributed by atoms with van der Waals surface area (Å²) < 4.78 is 5.08. The second-order valence-corrected chi connectivity index (χ2v) is 7.01. The van der Waals surface area contributed by atoms with Crippen LogP contribution in [0.2, 0.25) is 0 Å². The molecule has 0 spiro atoms. The molecule has 0 aromatic carbocycles. The van der Waals surface area contributed by atoms with E-state index in [2.05, 4.69) is 31.0 Å². The highest BCUT2D eigenvalue weighted by Gasteiger charge is 2.48. The van der Waals surface area contributed by atoms with Crippen molar-refractivity contribution in [3.63, 3.8) is 0 Å².